The fourth-order valence-electron chi connectivity index (χ4n) is 1.31. The van der Waals surface area contributed by atoms with Gasteiger partial charge in [-0.3, -0.25) is 4.98 Å². The van der Waals surface area contributed by atoms with Gasteiger partial charge in [-0.05, 0) is 25.5 Å². The van der Waals surface area contributed by atoms with Crippen molar-refractivity contribution < 1.29 is 0 Å². The standard InChI is InChI=1S/C11H16N2/c1-9(2)7-10(12)8-11-5-3-4-6-13-11/h3-6,10H,1,7-8,12H2,2H3. The highest BCUT2D eigenvalue weighted by atomic mass is 14.7. The van der Waals surface area contributed by atoms with E-state index in [0.717, 1.165) is 24.1 Å². The first-order valence-corrected chi connectivity index (χ1v) is 4.48. The second-order valence-corrected chi connectivity index (χ2v) is 3.45. The van der Waals surface area contributed by atoms with E-state index in [4.69, 9.17) is 5.73 Å². The highest BCUT2D eigenvalue weighted by molar-refractivity contribution is 5.06. The van der Waals surface area contributed by atoms with Crippen molar-refractivity contribution in [1.82, 2.24) is 4.98 Å². The summed E-state index contributed by atoms with van der Waals surface area (Å²) >= 11 is 0. The molecule has 1 aromatic heterocycles. The minimum absolute atomic E-state index is 0.146. The smallest absolute Gasteiger partial charge is 0.0419 e. The number of hydrogen-bond donors (Lipinski definition) is 1. The Labute approximate surface area is 79.5 Å². The third kappa shape index (κ3) is 3.85. The molecule has 0 aliphatic rings. The average molecular weight is 176 g/mol. The van der Waals surface area contributed by atoms with Crippen molar-refractivity contribution in [3.63, 3.8) is 0 Å². The Morgan fingerprint density at radius 1 is 1.62 bits per heavy atom. The largest absolute Gasteiger partial charge is 0.327 e. The van der Waals surface area contributed by atoms with E-state index in [9.17, 15) is 0 Å². The van der Waals surface area contributed by atoms with Gasteiger partial charge in [0, 0.05) is 24.4 Å². The van der Waals surface area contributed by atoms with Crippen LogP contribution in [0.2, 0.25) is 0 Å². The Bertz CT molecular complexity index is 267. The molecule has 1 atom stereocenters. The van der Waals surface area contributed by atoms with Gasteiger partial charge in [-0.15, -0.1) is 6.58 Å². The molecule has 0 aliphatic carbocycles. The molecule has 0 bridgehead atoms. The lowest BCUT2D eigenvalue weighted by Gasteiger charge is -2.10. The third-order valence-corrected chi connectivity index (χ3v) is 1.81. The molecule has 1 unspecified atom stereocenters. The van der Waals surface area contributed by atoms with Crippen molar-refractivity contribution in [3.8, 4) is 0 Å². The lowest BCUT2D eigenvalue weighted by Crippen LogP contribution is -2.23. The molecule has 1 heterocycles. The van der Waals surface area contributed by atoms with Crippen LogP contribution in [0.1, 0.15) is 19.0 Å². The van der Waals surface area contributed by atoms with Crippen LogP contribution in [-0.4, -0.2) is 11.0 Å². The topological polar surface area (TPSA) is 38.9 Å². The van der Waals surface area contributed by atoms with Gasteiger partial charge in [0.25, 0.3) is 0 Å². The van der Waals surface area contributed by atoms with Gasteiger partial charge in [0.2, 0.25) is 0 Å². The van der Waals surface area contributed by atoms with Crippen molar-refractivity contribution in [2.24, 2.45) is 5.73 Å². The predicted molar refractivity (Wildman–Crippen MR) is 55.3 cm³/mol. The molecular weight excluding hydrogens is 160 g/mol. The fourth-order valence-corrected chi connectivity index (χ4v) is 1.31. The molecule has 0 saturated heterocycles. The number of rotatable bonds is 4. The molecule has 0 spiro atoms. The van der Waals surface area contributed by atoms with Crippen LogP contribution in [0.25, 0.3) is 0 Å². The van der Waals surface area contributed by atoms with Crippen molar-refractivity contribution in [1.29, 1.82) is 0 Å². The van der Waals surface area contributed by atoms with Crippen molar-refractivity contribution in [3.05, 3.63) is 42.2 Å². The van der Waals surface area contributed by atoms with Crippen molar-refractivity contribution >= 4 is 0 Å². The average Bonchev–Trinajstić information content (AvgIpc) is 2.04. The minimum Gasteiger partial charge on any atom is -0.327 e. The first-order chi connectivity index (χ1) is 6.18. The number of hydrogen-bond acceptors (Lipinski definition) is 2. The molecule has 2 heteroatoms. The van der Waals surface area contributed by atoms with Crippen molar-refractivity contribution in [2.45, 2.75) is 25.8 Å². The van der Waals surface area contributed by atoms with E-state index in [1.54, 1.807) is 6.20 Å². The zero-order chi connectivity index (χ0) is 9.68. The van der Waals surface area contributed by atoms with E-state index in [2.05, 4.69) is 11.6 Å². The Morgan fingerprint density at radius 3 is 2.92 bits per heavy atom. The van der Waals surface area contributed by atoms with Crippen LogP contribution in [0, 0.1) is 0 Å². The van der Waals surface area contributed by atoms with Gasteiger partial charge < -0.3 is 5.73 Å². The normalized spacial score (nSPS) is 12.5. The zero-order valence-electron chi connectivity index (χ0n) is 8.03. The van der Waals surface area contributed by atoms with Crippen LogP contribution in [0.4, 0.5) is 0 Å². The number of nitrogens with zero attached hydrogens (tertiary/aromatic N) is 1. The van der Waals surface area contributed by atoms with E-state index in [1.165, 1.54) is 0 Å². The van der Waals surface area contributed by atoms with Crippen LogP contribution in [0.15, 0.2) is 36.5 Å². The maximum Gasteiger partial charge on any atom is 0.0419 e. The highest BCUT2D eigenvalue weighted by Gasteiger charge is 2.04. The molecular formula is C11H16N2. The second kappa shape index (κ2) is 4.77. The second-order valence-electron chi connectivity index (χ2n) is 3.45. The molecule has 0 saturated carbocycles. The first-order valence-electron chi connectivity index (χ1n) is 4.48. The quantitative estimate of drug-likeness (QED) is 0.712. The number of pyridine rings is 1. The molecule has 1 rings (SSSR count). The summed E-state index contributed by atoms with van der Waals surface area (Å²) in [6.45, 7) is 5.83. The molecule has 0 aromatic carbocycles. The summed E-state index contributed by atoms with van der Waals surface area (Å²) in [7, 11) is 0. The minimum atomic E-state index is 0.146. The van der Waals surface area contributed by atoms with Gasteiger partial charge in [-0.2, -0.15) is 0 Å². The molecule has 1 aromatic rings. The maximum absolute atomic E-state index is 5.91. The molecule has 70 valence electrons. The van der Waals surface area contributed by atoms with Crippen LogP contribution >= 0.6 is 0 Å². The van der Waals surface area contributed by atoms with E-state index in [0.29, 0.717) is 0 Å². The molecule has 13 heavy (non-hydrogen) atoms. The number of nitrogens with two attached hydrogens (primary N) is 1. The van der Waals surface area contributed by atoms with Crippen LogP contribution in [0.3, 0.4) is 0 Å². The van der Waals surface area contributed by atoms with E-state index >= 15 is 0 Å². The van der Waals surface area contributed by atoms with Gasteiger partial charge in [0.05, 0.1) is 0 Å². The van der Waals surface area contributed by atoms with E-state index < -0.39 is 0 Å². The summed E-state index contributed by atoms with van der Waals surface area (Å²) in [5, 5.41) is 0. The Hall–Kier alpha value is -1.15. The molecule has 0 amide bonds. The summed E-state index contributed by atoms with van der Waals surface area (Å²) in [4.78, 5) is 4.22. The van der Waals surface area contributed by atoms with Crippen LogP contribution in [0.5, 0.6) is 0 Å². The Morgan fingerprint density at radius 2 is 2.38 bits per heavy atom. The predicted octanol–water partition coefficient (Wildman–Crippen LogP) is 1.92. The van der Waals surface area contributed by atoms with Gasteiger partial charge in [0.15, 0.2) is 0 Å². The van der Waals surface area contributed by atoms with Gasteiger partial charge in [0.1, 0.15) is 0 Å². The maximum atomic E-state index is 5.91. The Kier molecular flexibility index (Phi) is 3.65. The summed E-state index contributed by atoms with van der Waals surface area (Å²) in [5.41, 5.74) is 8.09. The monoisotopic (exact) mass is 176 g/mol. The van der Waals surface area contributed by atoms with Gasteiger partial charge in [-0.1, -0.05) is 11.6 Å². The van der Waals surface area contributed by atoms with E-state index in [-0.39, 0.29) is 6.04 Å². The first kappa shape index (κ1) is 9.93. The fraction of sp³-hybridized carbons (Fsp3) is 0.364. The SMILES string of the molecule is C=C(C)CC(N)Cc1ccccn1. The lowest BCUT2D eigenvalue weighted by molar-refractivity contribution is 0.651. The van der Waals surface area contributed by atoms with Crippen LogP contribution < -0.4 is 5.73 Å². The summed E-state index contributed by atoms with van der Waals surface area (Å²) < 4.78 is 0. The van der Waals surface area contributed by atoms with Gasteiger partial charge in [-0.25, -0.2) is 0 Å². The lowest BCUT2D eigenvalue weighted by atomic mass is 10.0. The molecule has 2 nitrogen and oxygen atoms in total. The van der Waals surface area contributed by atoms with Crippen LogP contribution in [-0.2, 0) is 6.42 Å². The summed E-state index contributed by atoms with van der Waals surface area (Å²) in [6, 6.07) is 6.04. The Balaban J connectivity index is 2.45. The third-order valence-electron chi connectivity index (χ3n) is 1.81. The van der Waals surface area contributed by atoms with Crippen molar-refractivity contribution in [2.75, 3.05) is 0 Å². The summed E-state index contributed by atoms with van der Waals surface area (Å²) in [5.74, 6) is 0. The highest BCUT2D eigenvalue weighted by Crippen LogP contribution is 2.05. The molecule has 0 fully saturated rings. The molecule has 0 radical (unpaired) electrons. The number of aromatic nitrogens is 1. The van der Waals surface area contributed by atoms with E-state index in [1.807, 2.05) is 25.1 Å². The molecule has 0 aliphatic heterocycles. The zero-order valence-corrected chi connectivity index (χ0v) is 8.03. The molecule has 2 N–H and O–H groups in total. The summed E-state index contributed by atoms with van der Waals surface area (Å²) in [6.07, 6.45) is 3.49. The van der Waals surface area contributed by atoms with Gasteiger partial charge >= 0.3 is 0 Å².